The Hall–Kier alpha value is -1.03. The average molecular weight is 266 g/mol. The van der Waals surface area contributed by atoms with Crippen molar-refractivity contribution in [3.8, 4) is 0 Å². The molecule has 4 heteroatoms. The summed E-state index contributed by atoms with van der Waals surface area (Å²) in [6.07, 6.45) is 4.61. The summed E-state index contributed by atoms with van der Waals surface area (Å²) >= 11 is 3.48. The molecule has 2 aromatic rings. The number of nitrogens with one attached hydrogen (secondary N) is 1. The summed E-state index contributed by atoms with van der Waals surface area (Å²) in [5, 5.41) is 3.25. The maximum absolute atomic E-state index is 4.67. The van der Waals surface area contributed by atoms with Crippen LogP contribution in [0.1, 0.15) is 24.5 Å². The quantitative estimate of drug-likeness (QED) is 0.905. The molecule has 0 spiro atoms. The highest BCUT2D eigenvalue weighted by molar-refractivity contribution is 9.10. The number of hydrogen-bond acceptors (Lipinski definition) is 2. The molecule has 3 nitrogen and oxygen atoms in total. The van der Waals surface area contributed by atoms with Gasteiger partial charge in [0.25, 0.3) is 0 Å². The van der Waals surface area contributed by atoms with Crippen LogP contribution in [0.2, 0.25) is 0 Å². The molecule has 2 aromatic heterocycles. The first-order valence-electron chi connectivity index (χ1n) is 5.15. The van der Waals surface area contributed by atoms with Crippen LogP contribution in [-0.2, 0) is 0 Å². The fraction of sp³-hybridized carbons (Fsp3) is 0.364. The fourth-order valence-electron chi connectivity index (χ4n) is 1.93. The molecule has 1 fully saturated rings. The molecule has 1 aliphatic rings. The number of nitrogens with zero attached hydrogens (tertiary/aromatic N) is 2. The van der Waals surface area contributed by atoms with Crippen molar-refractivity contribution in [1.82, 2.24) is 9.38 Å². The summed E-state index contributed by atoms with van der Waals surface area (Å²) in [4.78, 5) is 4.67. The van der Waals surface area contributed by atoms with Crippen molar-refractivity contribution in [3.05, 3.63) is 28.5 Å². The van der Waals surface area contributed by atoms with Gasteiger partial charge in [0.05, 0.1) is 5.69 Å². The lowest BCUT2D eigenvalue weighted by Crippen LogP contribution is -1.96. The minimum Gasteiger partial charge on any atom is -0.373 e. The number of imidazole rings is 1. The van der Waals surface area contributed by atoms with Crippen LogP contribution in [0.3, 0.4) is 0 Å². The normalized spacial score (nSPS) is 15.9. The number of pyridine rings is 1. The Kier molecular flexibility index (Phi) is 1.99. The second-order valence-corrected chi connectivity index (χ2v) is 4.86. The molecule has 0 radical (unpaired) electrons. The van der Waals surface area contributed by atoms with Gasteiger partial charge in [-0.1, -0.05) is 0 Å². The zero-order valence-electron chi connectivity index (χ0n) is 8.50. The molecule has 15 heavy (non-hydrogen) atoms. The van der Waals surface area contributed by atoms with Crippen molar-refractivity contribution in [3.63, 3.8) is 0 Å². The fourth-order valence-corrected chi connectivity index (χ4v) is 2.26. The maximum Gasteiger partial charge on any atom is 0.138 e. The number of fused-ring (bicyclic) bond motifs is 1. The number of rotatable bonds is 2. The van der Waals surface area contributed by atoms with E-state index >= 15 is 0 Å². The highest BCUT2D eigenvalue weighted by atomic mass is 79.9. The summed E-state index contributed by atoms with van der Waals surface area (Å²) in [6, 6.07) is 4.06. The van der Waals surface area contributed by atoms with E-state index in [4.69, 9.17) is 0 Å². The van der Waals surface area contributed by atoms with Gasteiger partial charge in [0.2, 0.25) is 0 Å². The zero-order chi connectivity index (χ0) is 10.4. The Morgan fingerprint density at radius 2 is 2.27 bits per heavy atom. The van der Waals surface area contributed by atoms with Gasteiger partial charge in [-0.05, 0) is 40.9 Å². The number of halogens is 1. The van der Waals surface area contributed by atoms with Crippen LogP contribution in [0.5, 0.6) is 0 Å². The van der Waals surface area contributed by atoms with Gasteiger partial charge in [-0.3, -0.25) is 4.40 Å². The van der Waals surface area contributed by atoms with Crippen LogP contribution < -0.4 is 5.32 Å². The predicted molar refractivity (Wildman–Crippen MR) is 64.4 cm³/mol. The second kappa shape index (κ2) is 3.23. The molecular weight excluding hydrogens is 254 g/mol. The van der Waals surface area contributed by atoms with Crippen LogP contribution in [0.25, 0.3) is 5.65 Å². The Morgan fingerprint density at radius 1 is 1.47 bits per heavy atom. The monoisotopic (exact) mass is 265 g/mol. The molecule has 78 valence electrons. The lowest BCUT2D eigenvalue weighted by atomic mass is 10.3. The van der Waals surface area contributed by atoms with Gasteiger partial charge >= 0.3 is 0 Å². The summed E-state index contributed by atoms with van der Waals surface area (Å²) in [7, 11) is 1.95. The van der Waals surface area contributed by atoms with Crippen LogP contribution in [0.4, 0.5) is 5.82 Å². The van der Waals surface area contributed by atoms with Crippen molar-refractivity contribution < 1.29 is 0 Å². The summed E-state index contributed by atoms with van der Waals surface area (Å²) < 4.78 is 3.18. The van der Waals surface area contributed by atoms with Gasteiger partial charge in [0.15, 0.2) is 0 Å². The van der Waals surface area contributed by atoms with Crippen molar-refractivity contribution >= 4 is 27.4 Å². The van der Waals surface area contributed by atoms with Gasteiger partial charge in [-0.2, -0.15) is 0 Å². The van der Waals surface area contributed by atoms with Crippen LogP contribution in [0, 0.1) is 0 Å². The molecule has 0 aliphatic heterocycles. The minimum atomic E-state index is 0.672. The molecule has 0 unspecified atom stereocenters. The molecular formula is C11H12BrN3. The summed E-state index contributed by atoms with van der Waals surface area (Å²) in [5.41, 5.74) is 2.24. The molecule has 1 N–H and O–H groups in total. The molecule has 0 saturated heterocycles. The van der Waals surface area contributed by atoms with E-state index in [-0.39, 0.29) is 0 Å². The Morgan fingerprint density at radius 3 is 2.93 bits per heavy atom. The topological polar surface area (TPSA) is 29.3 Å². The third-order valence-corrected chi connectivity index (χ3v) is 3.28. The second-order valence-electron chi connectivity index (χ2n) is 3.95. The third-order valence-electron chi connectivity index (χ3n) is 2.81. The first-order valence-corrected chi connectivity index (χ1v) is 5.94. The number of aromatic nitrogens is 2. The first-order chi connectivity index (χ1) is 7.29. The lowest BCUT2D eigenvalue weighted by Gasteiger charge is -2.02. The number of anilines is 1. The maximum atomic E-state index is 4.67. The van der Waals surface area contributed by atoms with Crippen molar-refractivity contribution in [2.24, 2.45) is 0 Å². The average Bonchev–Trinajstić information content (AvgIpc) is 3.00. The van der Waals surface area contributed by atoms with Gasteiger partial charge in [-0.25, -0.2) is 4.98 Å². The third kappa shape index (κ3) is 1.44. The Balaban J connectivity index is 2.27. The van der Waals surface area contributed by atoms with Gasteiger partial charge < -0.3 is 5.32 Å². The standard InChI is InChI=1S/C11H12BrN3/c1-13-11-10(7-2-3-7)14-9-5-4-8(12)6-15(9)11/h4-7,13H,2-3H2,1H3. The molecule has 3 rings (SSSR count). The number of hydrogen-bond donors (Lipinski definition) is 1. The lowest BCUT2D eigenvalue weighted by molar-refractivity contribution is 1.05. The SMILES string of the molecule is CNc1c(C2CC2)nc2ccc(Br)cn12. The summed E-state index contributed by atoms with van der Waals surface area (Å²) in [5.74, 6) is 1.81. The van der Waals surface area contributed by atoms with E-state index < -0.39 is 0 Å². The van der Waals surface area contributed by atoms with Gasteiger partial charge in [0.1, 0.15) is 11.5 Å². The largest absolute Gasteiger partial charge is 0.373 e. The van der Waals surface area contributed by atoms with Crippen LogP contribution >= 0.6 is 15.9 Å². The first kappa shape index (κ1) is 9.21. The zero-order valence-corrected chi connectivity index (χ0v) is 10.1. The van der Waals surface area contributed by atoms with E-state index in [0.717, 1.165) is 15.9 Å². The molecule has 0 atom stereocenters. The van der Waals surface area contributed by atoms with E-state index in [9.17, 15) is 0 Å². The van der Waals surface area contributed by atoms with E-state index in [0.29, 0.717) is 5.92 Å². The molecule has 1 saturated carbocycles. The van der Waals surface area contributed by atoms with E-state index in [1.165, 1.54) is 18.5 Å². The van der Waals surface area contributed by atoms with E-state index in [1.54, 1.807) is 0 Å². The van der Waals surface area contributed by atoms with E-state index in [1.807, 2.05) is 19.2 Å². The van der Waals surface area contributed by atoms with Crippen LogP contribution in [-0.4, -0.2) is 16.4 Å². The van der Waals surface area contributed by atoms with E-state index in [2.05, 4.69) is 36.8 Å². The molecule has 0 bridgehead atoms. The minimum absolute atomic E-state index is 0.672. The predicted octanol–water partition coefficient (Wildman–Crippen LogP) is 3.02. The Bertz CT molecular complexity index is 514. The van der Waals surface area contributed by atoms with Gasteiger partial charge in [0, 0.05) is 23.6 Å². The van der Waals surface area contributed by atoms with Crippen molar-refractivity contribution in [2.45, 2.75) is 18.8 Å². The van der Waals surface area contributed by atoms with Gasteiger partial charge in [-0.15, -0.1) is 0 Å². The Labute approximate surface area is 96.6 Å². The van der Waals surface area contributed by atoms with Crippen LogP contribution in [0.15, 0.2) is 22.8 Å². The smallest absolute Gasteiger partial charge is 0.138 e. The van der Waals surface area contributed by atoms with Crippen molar-refractivity contribution in [2.75, 3.05) is 12.4 Å². The summed E-state index contributed by atoms with van der Waals surface area (Å²) in [6.45, 7) is 0. The molecule has 0 aromatic carbocycles. The molecule has 0 amide bonds. The highest BCUT2D eigenvalue weighted by Gasteiger charge is 2.29. The van der Waals surface area contributed by atoms with Crippen molar-refractivity contribution in [1.29, 1.82) is 0 Å². The molecule has 2 heterocycles. The highest BCUT2D eigenvalue weighted by Crippen LogP contribution is 2.43. The molecule has 1 aliphatic carbocycles.